The van der Waals surface area contributed by atoms with Crippen molar-refractivity contribution in [2.45, 2.75) is 13.2 Å². The predicted molar refractivity (Wildman–Crippen MR) is 102 cm³/mol. The van der Waals surface area contributed by atoms with Crippen LogP contribution in [-0.4, -0.2) is 17.5 Å². The lowest BCUT2D eigenvalue weighted by atomic mass is 10.1. The Balaban J connectivity index is 1.64. The summed E-state index contributed by atoms with van der Waals surface area (Å²) >= 11 is 0. The van der Waals surface area contributed by atoms with Crippen LogP contribution in [0.2, 0.25) is 0 Å². The highest BCUT2D eigenvalue weighted by Crippen LogP contribution is 2.21. The van der Waals surface area contributed by atoms with Crippen LogP contribution in [0.1, 0.15) is 16.7 Å². The second-order valence-corrected chi connectivity index (χ2v) is 5.80. The Morgan fingerprint density at radius 1 is 0.731 bits per heavy atom. The molecule has 26 heavy (non-hydrogen) atoms. The van der Waals surface area contributed by atoms with E-state index in [1.165, 1.54) is 0 Å². The number of oxime groups is 1. The Morgan fingerprint density at radius 3 is 1.96 bits per heavy atom. The molecule has 0 saturated heterocycles. The van der Waals surface area contributed by atoms with Crippen LogP contribution in [0.25, 0.3) is 0 Å². The maximum absolute atomic E-state index is 9.44. The zero-order valence-electron chi connectivity index (χ0n) is 14.4. The quantitative estimate of drug-likeness (QED) is 0.366. The summed E-state index contributed by atoms with van der Waals surface area (Å²) in [6, 6.07) is 27.3. The number of ether oxygens (including phenoxy) is 2. The van der Waals surface area contributed by atoms with Crippen LogP contribution in [0, 0.1) is 0 Å². The normalized spacial score (nSPS) is 11.3. The molecule has 0 atom stereocenters. The van der Waals surface area contributed by atoms with Crippen LogP contribution < -0.4 is 4.74 Å². The summed E-state index contributed by atoms with van der Waals surface area (Å²) in [6.45, 7) is 1.09. The molecule has 132 valence electrons. The Hall–Kier alpha value is -3.11. The van der Waals surface area contributed by atoms with Crippen molar-refractivity contribution in [2.24, 2.45) is 5.16 Å². The second kappa shape index (κ2) is 9.39. The van der Waals surface area contributed by atoms with Crippen molar-refractivity contribution >= 4 is 5.71 Å². The van der Waals surface area contributed by atoms with Gasteiger partial charge in [0.25, 0.3) is 0 Å². The van der Waals surface area contributed by atoms with Gasteiger partial charge in [0, 0.05) is 5.56 Å². The van der Waals surface area contributed by atoms with E-state index < -0.39 is 0 Å². The van der Waals surface area contributed by atoms with Crippen molar-refractivity contribution in [3.8, 4) is 5.75 Å². The summed E-state index contributed by atoms with van der Waals surface area (Å²) in [5.74, 6) is 0.660. The topological polar surface area (TPSA) is 51.1 Å². The molecule has 3 rings (SSSR count). The largest absolute Gasteiger partial charge is 0.488 e. The number of hydrogen-bond acceptors (Lipinski definition) is 4. The molecule has 0 spiro atoms. The Bertz CT molecular complexity index is 832. The minimum atomic E-state index is 0.192. The highest BCUT2D eigenvalue weighted by Gasteiger charge is 2.12. The molecule has 0 radical (unpaired) electrons. The number of rotatable bonds is 8. The molecule has 1 N–H and O–H groups in total. The molecular formula is C22H21NO3. The van der Waals surface area contributed by atoms with Crippen molar-refractivity contribution in [1.82, 2.24) is 0 Å². The summed E-state index contributed by atoms with van der Waals surface area (Å²) in [6.07, 6.45) is 0. The highest BCUT2D eigenvalue weighted by molar-refractivity contribution is 6.03. The minimum Gasteiger partial charge on any atom is -0.488 e. The number of benzene rings is 3. The molecular weight excluding hydrogens is 326 g/mol. The van der Waals surface area contributed by atoms with E-state index in [1.807, 2.05) is 84.9 Å². The van der Waals surface area contributed by atoms with E-state index in [0.29, 0.717) is 24.7 Å². The van der Waals surface area contributed by atoms with Gasteiger partial charge >= 0.3 is 0 Å². The molecule has 3 aromatic carbocycles. The van der Waals surface area contributed by atoms with Crippen molar-refractivity contribution in [3.05, 3.63) is 102 Å². The molecule has 3 aromatic rings. The van der Waals surface area contributed by atoms with Gasteiger partial charge < -0.3 is 14.7 Å². The first-order valence-corrected chi connectivity index (χ1v) is 8.45. The second-order valence-electron chi connectivity index (χ2n) is 5.80. The third-order valence-electron chi connectivity index (χ3n) is 3.91. The number of nitrogens with zero attached hydrogens (tertiary/aromatic N) is 1. The third-order valence-corrected chi connectivity index (χ3v) is 3.91. The van der Waals surface area contributed by atoms with Crippen molar-refractivity contribution < 1.29 is 14.7 Å². The lowest BCUT2D eigenvalue weighted by Gasteiger charge is -2.13. The average molecular weight is 347 g/mol. The zero-order valence-corrected chi connectivity index (χ0v) is 14.4. The smallest absolute Gasteiger partial charge is 0.129 e. The van der Waals surface area contributed by atoms with Gasteiger partial charge in [-0.1, -0.05) is 78.0 Å². The van der Waals surface area contributed by atoms with E-state index in [1.54, 1.807) is 0 Å². The Labute approximate surface area is 153 Å². The highest BCUT2D eigenvalue weighted by atomic mass is 16.5. The summed E-state index contributed by atoms with van der Waals surface area (Å²) in [5.41, 5.74) is 3.30. The molecule has 0 fully saturated rings. The maximum atomic E-state index is 9.44. The first-order chi connectivity index (χ1) is 12.9. The van der Waals surface area contributed by atoms with Crippen LogP contribution in [0.5, 0.6) is 5.75 Å². The van der Waals surface area contributed by atoms with Gasteiger partial charge in [0.05, 0.1) is 13.2 Å². The van der Waals surface area contributed by atoms with Gasteiger partial charge in [0.15, 0.2) is 0 Å². The lowest BCUT2D eigenvalue weighted by Crippen LogP contribution is -2.12. The van der Waals surface area contributed by atoms with Crippen LogP contribution in [0.15, 0.2) is 90.1 Å². The summed E-state index contributed by atoms with van der Waals surface area (Å²) in [7, 11) is 0. The third kappa shape index (κ3) is 4.94. The van der Waals surface area contributed by atoms with Crippen molar-refractivity contribution in [2.75, 3.05) is 6.61 Å². The Morgan fingerprint density at radius 2 is 1.31 bits per heavy atom. The summed E-state index contributed by atoms with van der Waals surface area (Å²) < 4.78 is 11.6. The molecule has 0 bridgehead atoms. The van der Waals surface area contributed by atoms with Gasteiger partial charge in [-0.15, -0.1) is 0 Å². The molecule has 0 saturated carbocycles. The van der Waals surface area contributed by atoms with Gasteiger partial charge in [-0.2, -0.15) is 0 Å². The standard InChI is InChI=1S/C22H21NO3/c24-23-21(17-25-15-18-9-3-1-4-10-18)20-13-7-8-14-22(20)26-16-19-11-5-2-6-12-19/h1-14,24H,15-17H2/b23-21+. The van der Waals surface area contributed by atoms with E-state index in [-0.39, 0.29) is 6.61 Å². The van der Waals surface area contributed by atoms with Crippen LogP contribution >= 0.6 is 0 Å². The van der Waals surface area contributed by atoms with Gasteiger partial charge in [0.1, 0.15) is 18.1 Å². The fraction of sp³-hybridized carbons (Fsp3) is 0.136. The summed E-state index contributed by atoms with van der Waals surface area (Å²) in [5, 5.41) is 12.9. The first kappa shape index (κ1) is 17.7. The van der Waals surface area contributed by atoms with E-state index in [0.717, 1.165) is 16.7 Å². The predicted octanol–water partition coefficient (Wildman–Crippen LogP) is 4.66. The van der Waals surface area contributed by atoms with Crippen molar-refractivity contribution in [3.63, 3.8) is 0 Å². The fourth-order valence-electron chi connectivity index (χ4n) is 2.57. The van der Waals surface area contributed by atoms with Crippen LogP contribution in [-0.2, 0) is 18.0 Å². The molecule has 0 aromatic heterocycles. The Kier molecular flexibility index (Phi) is 6.40. The van der Waals surface area contributed by atoms with Gasteiger partial charge in [0.2, 0.25) is 0 Å². The molecule has 0 heterocycles. The molecule has 0 amide bonds. The van der Waals surface area contributed by atoms with Gasteiger partial charge in [-0.05, 0) is 23.3 Å². The minimum absolute atomic E-state index is 0.192. The molecule has 0 aliphatic rings. The van der Waals surface area contributed by atoms with Crippen molar-refractivity contribution in [1.29, 1.82) is 0 Å². The monoisotopic (exact) mass is 347 g/mol. The number of para-hydroxylation sites is 1. The van der Waals surface area contributed by atoms with E-state index in [9.17, 15) is 5.21 Å². The molecule has 4 nitrogen and oxygen atoms in total. The lowest BCUT2D eigenvalue weighted by molar-refractivity contribution is 0.155. The molecule has 4 heteroatoms. The van der Waals surface area contributed by atoms with E-state index in [2.05, 4.69) is 5.16 Å². The maximum Gasteiger partial charge on any atom is 0.129 e. The molecule has 0 aliphatic heterocycles. The van der Waals surface area contributed by atoms with E-state index >= 15 is 0 Å². The molecule has 0 aliphatic carbocycles. The van der Waals surface area contributed by atoms with Crippen LogP contribution in [0.3, 0.4) is 0 Å². The number of hydrogen-bond donors (Lipinski definition) is 1. The fourth-order valence-corrected chi connectivity index (χ4v) is 2.57. The summed E-state index contributed by atoms with van der Waals surface area (Å²) in [4.78, 5) is 0. The average Bonchev–Trinajstić information content (AvgIpc) is 2.72. The van der Waals surface area contributed by atoms with Crippen LogP contribution in [0.4, 0.5) is 0 Å². The first-order valence-electron chi connectivity index (χ1n) is 8.45. The van der Waals surface area contributed by atoms with Gasteiger partial charge in [-0.3, -0.25) is 0 Å². The zero-order chi connectivity index (χ0) is 18.0. The SMILES string of the molecule is O/N=C(\COCc1ccccc1)c1ccccc1OCc1ccccc1. The van der Waals surface area contributed by atoms with E-state index in [4.69, 9.17) is 9.47 Å². The molecule has 0 unspecified atom stereocenters. The van der Waals surface area contributed by atoms with Gasteiger partial charge in [-0.25, -0.2) is 0 Å².